The molecule has 0 radical (unpaired) electrons. The number of halogens is 4. The van der Waals surface area contributed by atoms with Gasteiger partial charge in [0.25, 0.3) is 0 Å². The largest absolute Gasteiger partial charge is 2.00 e. The molecular formula is C12H8Br4Mg. The van der Waals surface area contributed by atoms with Gasteiger partial charge in [0.1, 0.15) is 0 Å². The van der Waals surface area contributed by atoms with Crippen LogP contribution in [0, 0.1) is 0 Å². The zero-order chi connectivity index (χ0) is 9.97. The van der Waals surface area contributed by atoms with E-state index in [0.29, 0.717) is 0 Å². The molecule has 2 rings (SSSR count). The van der Waals surface area contributed by atoms with Gasteiger partial charge in [-0.15, -0.1) is 0 Å². The van der Waals surface area contributed by atoms with Crippen molar-refractivity contribution in [2.45, 2.75) is 0 Å². The Kier molecular flexibility index (Phi) is 12.0. The molecule has 2 aromatic rings. The summed E-state index contributed by atoms with van der Waals surface area (Å²) in [4.78, 5) is 0. The maximum atomic E-state index is 3.57. The molecule has 17 heavy (non-hydrogen) atoms. The van der Waals surface area contributed by atoms with Crippen LogP contribution in [0.1, 0.15) is 0 Å². The summed E-state index contributed by atoms with van der Waals surface area (Å²) < 4.78 is 2.19. The van der Waals surface area contributed by atoms with E-state index in [1.807, 2.05) is 30.3 Å². The van der Waals surface area contributed by atoms with Gasteiger partial charge < -0.3 is 34.0 Å². The van der Waals surface area contributed by atoms with Crippen LogP contribution in [-0.4, -0.2) is 23.1 Å². The first kappa shape index (κ1) is 20.4. The van der Waals surface area contributed by atoms with E-state index < -0.39 is 0 Å². The number of hydrogen-bond donors (Lipinski definition) is 0. The van der Waals surface area contributed by atoms with E-state index in [2.05, 4.69) is 50.1 Å². The van der Waals surface area contributed by atoms with Crippen molar-refractivity contribution in [3.05, 3.63) is 57.5 Å². The van der Waals surface area contributed by atoms with Gasteiger partial charge in [-0.05, 0) is 49.1 Å². The molecule has 0 aliphatic rings. The monoisotopic (exact) mass is 492 g/mol. The van der Waals surface area contributed by atoms with Crippen LogP contribution in [0.3, 0.4) is 0 Å². The average Bonchev–Trinajstić information content (AvgIpc) is 2.23. The van der Waals surface area contributed by atoms with E-state index in [1.54, 1.807) is 0 Å². The number of benzene rings is 2. The fraction of sp³-hybridized carbons (Fsp3) is 0. The van der Waals surface area contributed by atoms with Gasteiger partial charge in [-0.3, -0.25) is 0 Å². The van der Waals surface area contributed by atoms with Crippen LogP contribution in [0.25, 0.3) is 11.1 Å². The molecule has 0 nitrogen and oxygen atoms in total. The minimum absolute atomic E-state index is 0. The zero-order valence-electron chi connectivity index (χ0n) is 8.84. The third-order valence-electron chi connectivity index (χ3n) is 2.04. The molecule has 0 amide bonds. The summed E-state index contributed by atoms with van der Waals surface area (Å²) >= 11 is 7.07. The van der Waals surface area contributed by atoms with Crippen molar-refractivity contribution in [1.29, 1.82) is 0 Å². The summed E-state index contributed by atoms with van der Waals surface area (Å²) in [5.41, 5.74) is 2.43. The molecule has 0 spiro atoms. The Bertz CT molecular complexity index is 446. The normalized spacial score (nSPS) is 8.35. The van der Waals surface area contributed by atoms with Crippen molar-refractivity contribution >= 4 is 54.9 Å². The molecule has 0 saturated carbocycles. The van der Waals surface area contributed by atoms with Crippen molar-refractivity contribution in [2.24, 2.45) is 0 Å². The Morgan fingerprint density at radius 2 is 1.29 bits per heavy atom. The van der Waals surface area contributed by atoms with Gasteiger partial charge in [-0.1, -0.05) is 42.5 Å². The second-order valence-electron chi connectivity index (χ2n) is 2.97. The van der Waals surface area contributed by atoms with Crippen LogP contribution in [0.5, 0.6) is 0 Å². The van der Waals surface area contributed by atoms with E-state index in [4.69, 9.17) is 0 Å². The molecule has 0 atom stereocenters. The fourth-order valence-electron chi connectivity index (χ4n) is 1.34. The third-order valence-corrected chi connectivity index (χ3v) is 4.08. The number of rotatable bonds is 1. The topological polar surface area (TPSA) is 0 Å². The number of hydrogen-bond acceptors (Lipinski definition) is 0. The van der Waals surface area contributed by atoms with Crippen LogP contribution < -0.4 is 34.0 Å². The van der Waals surface area contributed by atoms with E-state index in [1.165, 1.54) is 11.1 Å². The first-order valence-electron chi connectivity index (χ1n) is 4.28. The molecule has 0 aliphatic carbocycles. The average molecular weight is 496 g/mol. The van der Waals surface area contributed by atoms with Crippen LogP contribution in [0.15, 0.2) is 57.5 Å². The predicted octanol–water partition coefficient (Wildman–Crippen LogP) is -1.49. The van der Waals surface area contributed by atoms with Crippen LogP contribution in [0.4, 0.5) is 0 Å². The predicted molar refractivity (Wildman–Crippen MR) is 73.0 cm³/mol. The van der Waals surface area contributed by atoms with Crippen molar-refractivity contribution in [1.82, 2.24) is 0 Å². The van der Waals surface area contributed by atoms with E-state index in [-0.39, 0.29) is 57.0 Å². The zero-order valence-corrected chi connectivity index (χ0v) is 16.6. The Labute approximate surface area is 156 Å². The molecular weight excluding hydrogens is 488 g/mol. The van der Waals surface area contributed by atoms with Crippen molar-refractivity contribution in [2.75, 3.05) is 0 Å². The van der Waals surface area contributed by atoms with E-state index in [0.717, 1.165) is 8.95 Å². The molecule has 0 N–H and O–H groups in total. The quantitative estimate of drug-likeness (QED) is 0.423. The van der Waals surface area contributed by atoms with E-state index in [9.17, 15) is 0 Å². The first-order valence-corrected chi connectivity index (χ1v) is 5.87. The molecule has 0 aromatic heterocycles. The summed E-state index contributed by atoms with van der Waals surface area (Å²) in [6.07, 6.45) is 0. The second kappa shape index (κ2) is 9.98. The molecule has 86 valence electrons. The van der Waals surface area contributed by atoms with E-state index >= 15 is 0 Å². The Balaban J connectivity index is 0. The summed E-state index contributed by atoms with van der Waals surface area (Å²) in [7, 11) is 0. The summed E-state index contributed by atoms with van der Waals surface area (Å²) in [6, 6.07) is 16.5. The third kappa shape index (κ3) is 5.33. The summed E-state index contributed by atoms with van der Waals surface area (Å²) in [6.45, 7) is 0. The van der Waals surface area contributed by atoms with Gasteiger partial charge in [0, 0.05) is 8.95 Å². The van der Waals surface area contributed by atoms with Crippen molar-refractivity contribution in [3.63, 3.8) is 0 Å². The van der Waals surface area contributed by atoms with Crippen molar-refractivity contribution in [3.8, 4) is 11.1 Å². The van der Waals surface area contributed by atoms with Gasteiger partial charge in [0.15, 0.2) is 0 Å². The minimum atomic E-state index is 0. The Morgan fingerprint density at radius 1 is 0.706 bits per heavy atom. The van der Waals surface area contributed by atoms with Gasteiger partial charge in [-0.25, -0.2) is 0 Å². The molecule has 0 heterocycles. The van der Waals surface area contributed by atoms with Crippen LogP contribution in [-0.2, 0) is 0 Å². The van der Waals surface area contributed by atoms with Gasteiger partial charge in [-0.2, -0.15) is 0 Å². The molecule has 0 fully saturated rings. The van der Waals surface area contributed by atoms with Crippen LogP contribution >= 0.6 is 31.9 Å². The Morgan fingerprint density at radius 3 is 1.88 bits per heavy atom. The molecule has 2 aromatic carbocycles. The second-order valence-corrected chi connectivity index (χ2v) is 4.61. The summed E-state index contributed by atoms with van der Waals surface area (Å²) in [5.74, 6) is 0. The molecule has 5 heteroatoms. The standard InChI is InChI=1S/C12H8Br2.2BrH.Mg/c13-11-8-4-7-10(12(11)14)9-5-2-1-3-6-9;;;/h1-8H;2*1H;/q;;;+2/p-2. The van der Waals surface area contributed by atoms with Gasteiger partial charge in [0.2, 0.25) is 0 Å². The molecule has 0 aliphatic heterocycles. The molecule has 0 unspecified atom stereocenters. The smallest absolute Gasteiger partial charge is 1.00 e. The molecule has 0 saturated heterocycles. The first-order chi connectivity index (χ1) is 6.79. The maximum absolute atomic E-state index is 3.57. The molecule has 0 bridgehead atoms. The SMILES string of the molecule is Brc1cccc(-c2ccccc2)c1Br.[Br-].[Br-].[Mg+2]. The van der Waals surface area contributed by atoms with Crippen LogP contribution in [0.2, 0.25) is 0 Å². The van der Waals surface area contributed by atoms with Crippen molar-refractivity contribution < 1.29 is 34.0 Å². The van der Waals surface area contributed by atoms with Gasteiger partial charge >= 0.3 is 23.1 Å². The Hall–Kier alpha value is 1.13. The van der Waals surface area contributed by atoms with Gasteiger partial charge in [0.05, 0.1) is 0 Å². The fourth-order valence-corrected chi connectivity index (χ4v) is 2.20. The maximum Gasteiger partial charge on any atom is 2.00 e. The summed E-state index contributed by atoms with van der Waals surface area (Å²) in [5, 5.41) is 0. The minimum Gasteiger partial charge on any atom is -1.00 e.